The molecular formula is C13H18INO. The van der Waals surface area contributed by atoms with Gasteiger partial charge in [-0.3, -0.25) is 0 Å². The predicted octanol–water partition coefficient (Wildman–Crippen LogP) is 2.84. The Balaban J connectivity index is 2.05. The van der Waals surface area contributed by atoms with E-state index in [1.54, 1.807) is 0 Å². The fourth-order valence-corrected chi connectivity index (χ4v) is 2.83. The summed E-state index contributed by atoms with van der Waals surface area (Å²) in [5.41, 5.74) is 7.16. The van der Waals surface area contributed by atoms with Crippen LogP contribution in [0.2, 0.25) is 0 Å². The molecule has 1 aliphatic rings. The molecule has 3 heteroatoms. The molecule has 1 aromatic carbocycles. The first-order valence-electron chi connectivity index (χ1n) is 5.87. The SMILES string of the molecule is N[C@@H](c1ccc(I)cc1)[C@H](O)C1CCCC1. The van der Waals surface area contributed by atoms with Gasteiger partial charge in [-0.1, -0.05) is 25.0 Å². The van der Waals surface area contributed by atoms with Crippen LogP contribution in [0.4, 0.5) is 0 Å². The van der Waals surface area contributed by atoms with Crippen molar-refractivity contribution in [2.45, 2.75) is 37.8 Å². The van der Waals surface area contributed by atoms with Crippen molar-refractivity contribution in [3.63, 3.8) is 0 Å². The predicted molar refractivity (Wildman–Crippen MR) is 74.1 cm³/mol. The fourth-order valence-electron chi connectivity index (χ4n) is 2.47. The summed E-state index contributed by atoms with van der Waals surface area (Å²) in [6.45, 7) is 0. The molecule has 0 aliphatic heterocycles. The maximum absolute atomic E-state index is 10.2. The second-order valence-electron chi connectivity index (χ2n) is 4.61. The average molecular weight is 331 g/mol. The molecule has 1 saturated carbocycles. The minimum absolute atomic E-state index is 0.236. The summed E-state index contributed by atoms with van der Waals surface area (Å²) in [7, 11) is 0. The van der Waals surface area contributed by atoms with Crippen molar-refractivity contribution in [3.8, 4) is 0 Å². The van der Waals surface area contributed by atoms with Gasteiger partial charge < -0.3 is 10.8 Å². The van der Waals surface area contributed by atoms with Crippen LogP contribution in [0.15, 0.2) is 24.3 Å². The molecule has 3 N–H and O–H groups in total. The Kier molecular flexibility index (Phi) is 4.21. The zero-order chi connectivity index (χ0) is 11.5. The van der Waals surface area contributed by atoms with Gasteiger partial charge in [0.1, 0.15) is 0 Å². The number of benzene rings is 1. The zero-order valence-electron chi connectivity index (χ0n) is 9.27. The van der Waals surface area contributed by atoms with Gasteiger partial charge in [-0.2, -0.15) is 0 Å². The topological polar surface area (TPSA) is 46.2 Å². The Morgan fingerprint density at radius 3 is 2.31 bits per heavy atom. The van der Waals surface area contributed by atoms with Gasteiger partial charge in [-0.15, -0.1) is 0 Å². The van der Waals surface area contributed by atoms with E-state index in [1.807, 2.05) is 24.3 Å². The highest BCUT2D eigenvalue weighted by atomic mass is 127. The lowest BCUT2D eigenvalue weighted by atomic mass is 9.91. The van der Waals surface area contributed by atoms with Crippen LogP contribution in [-0.2, 0) is 0 Å². The molecule has 1 aromatic rings. The van der Waals surface area contributed by atoms with Gasteiger partial charge >= 0.3 is 0 Å². The zero-order valence-corrected chi connectivity index (χ0v) is 11.4. The van der Waals surface area contributed by atoms with Gasteiger partial charge in [0.05, 0.1) is 12.1 Å². The summed E-state index contributed by atoms with van der Waals surface area (Å²) in [6.07, 6.45) is 4.34. The fraction of sp³-hybridized carbons (Fsp3) is 0.538. The molecule has 1 aliphatic carbocycles. The first-order chi connectivity index (χ1) is 7.68. The molecule has 0 bridgehead atoms. The van der Waals surface area contributed by atoms with Crippen molar-refractivity contribution in [1.29, 1.82) is 0 Å². The van der Waals surface area contributed by atoms with E-state index in [9.17, 15) is 5.11 Å². The van der Waals surface area contributed by atoms with Crippen LogP contribution in [0.3, 0.4) is 0 Å². The number of aliphatic hydroxyl groups is 1. The quantitative estimate of drug-likeness (QED) is 0.837. The van der Waals surface area contributed by atoms with Crippen LogP contribution < -0.4 is 5.73 Å². The molecule has 0 aromatic heterocycles. The highest BCUT2D eigenvalue weighted by Gasteiger charge is 2.28. The van der Waals surface area contributed by atoms with Crippen LogP contribution >= 0.6 is 22.6 Å². The molecule has 2 rings (SSSR count). The Bertz CT molecular complexity index is 332. The van der Waals surface area contributed by atoms with E-state index < -0.39 is 0 Å². The van der Waals surface area contributed by atoms with E-state index in [-0.39, 0.29) is 12.1 Å². The summed E-state index contributed by atoms with van der Waals surface area (Å²) in [4.78, 5) is 0. The van der Waals surface area contributed by atoms with Gasteiger partial charge in [0.2, 0.25) is 0 Å². The Labute approximate surface area is 110 Å². The third kappa shape index (κ3) is 2.76. The molecule has 0 saturated heterocycles. The van der Waals surface area contributed by atoms with Crippen molar-refractivity contribution in [2.24, 2.45) is 11.7 Å². The average Bonchev–Trinajstić information content (AvgIpc) is 2.81. The molecule has 2 atom stereocenters. The largest absolute Gasteiger partial charge is 0.391 e. The number of rotatable bonds is 3. The van der Waals surface area contributed by atoms with Gasteiger partial charge in [-0.25, -0.2) is 0 Å². The molecular weight excluding hydrogens is 313 g/mol. The van der Waals surface area contributed by atoms with E-state index >= 15 is 0 Å². The number of nitrogens with two attached hydrogens (primary N) is 1. The van der Waals surface area contributed by atoms with Crippen LogP contribution in [0.25, 0.3) is 0 Å². The smallest absolute Gasteiger partial charge is 0.0760 e. The highest BCUT2D eigenvalue weighted by molar-refractivity contribution is 14.1. The van der Waals surface area contributed by atoms with Crippen LogP contribution in [0.1, 0.15) is 37.3 Å². The molecule has 2 nitrogen and oxygen atoms in total. The van der Waals surface area contributed by atoms with Crippen molar-refractivity contribution in [3.05, 3.63) is 33.4 Å². The summed E-state index contributed by atoms with van der Waals surface area (Å²) >= 11 is 2.27. The number of hydrogen-bond donors (Lipinski definition) is 2. The lowest BCUT2D eigenvalue weighted by Crippen LogP contribution is -2.31. The summed E-state index contributed by atoms with van der Waals surface area (Å²) in [5, 5.41) is 10.2. The second-order valence-corrected chi connectivity index (χ2v) is 5.86. The van der Waals surface area contributed by atoms with Crippen LogP contribution in [-0.4, -0.2) is 11.2 Å². The van der Waals surface area contributed by atoms with E-state index in [4.69, 9.17) is 5.73 Å². The first-order valence-corrected chi connectivity index (χ1v) is 6.95. The third-order valence-corrected chi connectivity index (χ3v) is 4.22. The third-order valence-electron chi connectivity index (χ3n) is 3.51. The lowest BCUT2D eigenvalue weighted by molar-refractivity contribution is 0.0845. The molecule has 16 heavy (non-hydrogen) atoms. The van der Waals surface area contributed by atoms with E-state index in [2.05, 4.69) is 22.6 Å². The van der Waals surface area contributed by atoms with Crippen molar-refractivity contribution >= 4 is 22.6 Å². The standard InChI is InChI=1S/C13H18INO/c14-11-7-5-9(6-8-11)12(15)13(16)10-3-1-2-4-10/h5-8,10,12-13,16H,1-4,15H2/t12-,13+/m0/s1. The Morgan fingerprint density at radius 1 is 1.19 bits per heavy atom. The molecule has 0 unspecified atom stereocenters. The minimum atomic E-state index is -0.387. The Hall–Kier alpha value is -0.130. The summed E-state index contributed by atoms with van der Waals surface area (Å²) in [5.74, 6) is 0.397. The number of aliphatic hydroxyl groups excluding tert-OH is 1. The highest BCUT2D eigenvalue weighted by Crippen LogP contribution is 2.32. The normalized spacial score (nSPS) is 20.9. The maximum atomic E-state index is 10.2. The molecule has 0 radical (unpaired) electrons. The first kappa shape index (κ1) is 12.3. The van der Waals surface area contributed by atoms with Crippen molar-refractivity contribution in [1.82, 2.24) is 0 Å². The molecule has 88 valence electrons. The van der Waals surface area contributed by atoms with Gasteiger partial charge in [-0.05, 0) is 59.0 Å². The van der Waals surface area contributed by atoms with Crippen LogP contribution in [0.5, 0.6) is 0 Å². The Morgan fingerprint density at radius 2 is 1.75 bits per heavy atom. The molecule has 0 heterocycles. The summed E-state index contributed by atoms with van der Waals surface area (Å²) < 4.78 is 1.20. The van der Waals surface area contributed by atoms with Crippen molar-refractivity contribution < 1.29 is 5.11 Å². The van der Waals surface area contributed by atoms with E-state index in [1.165, 1.54) is 16.4 Å². The molecule has 0 spiro atoms. The van der Waals surface area contributed by atoms with Gasteiger partial charge in [0.25, 0.3) is 0 Å². The molecule has 0 amide bonds. The lowest BCUT2D eigenvalue weighted by Gasteiger charge is -2.24. The van der Waals surface area contributed by atoms with E-state index in [0.29, 0.717) is 5.92 Å². The van der Waals surface area contributed by atoms with E-state index in [0.717, 1.165) is 18.4 Å². The maximum Gasteiger partial charge on any atom is 0.0760 e. The van der Waals surface area contributed by atoms with Gasteiger partial charge in [0.15, 0.2) is 0 Å². The van der Waals surface area contributed by atoms with Crippen LogP contribution in [0, 0.1) is 9.49 Å². The second kappa shape index (κ2) is 5.47. The van der Waals surface area contributed by atoms with Gasteiger partial charge in [0, 0.05) is 3.57 Å². The number of hydrogen-bond acceptors (Lipinski definition) is 2. The van der Waals surface area contributed by atoms with Crippen molar-refractivity contribution in [2.75, 3.05) is 0 Å². The molecule has 1 fully saturated rings. The number of halogens is 1. The minimum Gasteiger partial charge on any atom is -0.391 e. The summed E-state index contributed by atoms with van der Waals surface area (Å²) in [6, 6.07) is 7.88. The monoisotopic (exact) mass is 331 g/mol.